The number of nitrogens with one attached hydrogen (secondary N) is 1. The van der Waals surface area contributed by atoms with E-state index >= 15 is 0 Å². The largest absolute Gasteiger partial charge is 0.493 e. The second-order valence-corrected chi connectivity index (χ2v) is 7.82. The van der Waals surface area contributed by atoms with Crippen molar-refractivity contribution >= 4 is 17.5 Å². The molecule has 2 amide bonds. The summed E-state index contributed by atoms with van der Waals surface area (Å²) in [4.78, 5) is 27.7. The Hall–Kier alpha value is -3.02. The summed E-state index contributed by atoms with van der Waals surface area (Å²) in [5.74, 6) is 1.24. The molecule has 0 saturated heterocycles. The van der Waals surface area contributed by atoms with E-state index in [4.69, 9.17) is 9.47 Å². The van der Waals surface area contributed by atoms with Crippen LogP contribution in [0.5, 0.6) is 11.5 Å². The lowest BCUT2D eigenvalue weighted by atomic mass is 10.0. The molecule has 1 unspecified atom stereocenters. The molecule has 1 N–H and O–H groups in total. The van der Waals surface area contributed by atoms with Crippen LogP contribution in [0.15, 0.2) is 42.5 Å². The van der Waals surface area contributed by atoms with Crippen LogP contribution in [0.3, 0.4) is 0 Å². The Labute approximate surface area is 177 Å². The average Bonchev–Trinajstić information content (AvgIpc) is 3.24. The molecule has 1 atom stereocenters. The lowest BCUT2D eigenvalue weighted by Gasteiger charge is -2.35. The molecule has 2 aromatic rings. The second-order valence-electron chi connectivity index (χ2n) is 7.82. The minimum Gasteiger partial charge on any atom is -0.493 e. The number of hydrogen-bond acceptors (Lipinski definition) is 4. The fraction of sp³-hybridized carbons (Fsp3) is 0.417. The van der Waals surface area contributed by atoms with Gasteiger partial charge < -0.3 is 19.7 Å². The van der Waals surface area contributed by atoms with Crippen molar-refractivity contribution in [2.45, 2.75) is 51.7 Å². The first kappa shape index (κ1) is 20.3. The maximum atomic E-state index is 13.2. The zero-order valence-electron chi connectivity index (χ0n) is 17.5. The molecule has 0 bridgehead atoms. The van der Waals surface area contributed by atoms with Gasteiger partial charge in [0.25, 0.3) is 5.91 Å². The number of nitrogens with zero attached hydrogens (tertiary/aromatic N) is 1. The van der Waals surface area contributed by atoms with Crippen LogP contribution in [0, 0.1) is 0 Å². The maximum absolute atomic E-state index is 13.2. The third kappa shape index (κ3) is 4.13. The summed E-state index contributed by atoms with van der Waals surface area (Å²) >= 11 is 0. The summed E-state index contributed by atoms with van der Waals surface area (Å²) in [6, 6.07) is 13.4. The molecule has 2 aromatic carbocycles. The first-order valence-electron chi connectivity index (χ1n) is 10.7. The quantitative estimate of drug-likeness (QED) is 0.797. The van der Waals surface area contributed by atoms with Crippen molar-refractivity contribution in [1.29, 1.82) is 0 Å². The minimum atomic E-state index is -0.724. The van der Waals surface area contributed by atoms with E-state index in [0.29, 0.717) is 18.0 Å². The Morgan fingerprint density at radius 1 is 1.13 bits per heavy atom. The van der Waals surface area contributed by atoms with Crippen LogP contribution in [0.1, 0.15) is 37.8 Å². The SMILES string of the molecule is CCC(CC)NC(=O)C1CN(C(=O)Cc2ccc3c(c2)CCO3)c2ccccc2O1. The summed E-state index contributed by atoms with van der Waals surface area (Å²) in [5.41, 5.74) is 2.80. The molecule has 2 heterocycles. The molecule has 158 valence electrons. The highest BCUT2D eigenvalue weighted by Gasteiger charge is 2.34. The molecule has 0 saturated carbocycles. The van der Waals surface area contributed by atoms with Gasteiger partial charge in [-0.15, -0.1) is 0 Å². The zero-order valence-corrected chi connectivity index (χ0v) is 17.5. The van der Waals surface area contributed by atoms with Gasteiger partial charge in [-0.25, -0.2) is 0 Å². The van der Waals surface area contributed by atoms with E-state index in [2.05, 4.69) is 5.32 Å². The molecule has 4 rings (SSSR count). The minimum absolute atomic E-state index is 0.0510. The van der Waals surface area contributed by atoms with Crippen LogP contribution in [-0.4, -0.2) is 37.1 Å². The molecule has 0 aliphatic carbocycles. The van der Waals surface area contributed by atoms with Gasteiger partial charge in [-0.1, -0.05) is 38.1 Å². The number of carbonyl (C=O) groups excluding carboxylic acids is 2. The van der Waals surface area contributed by atoms with Crippen LogP contribution in [0.2, 0.25) is 0 Å². The predicted octanol–water partition coefficient (Wildman–Crippen LogP) is 3.26. The van der Waals surface area contributed by atoms with Crippen molar-refractivity contribution in [1.82, 2.24) is 5.32 Å². The Bertz CT molecular complexity index is 939. The summed E-state index contributed by atoms with van der Waals surface area (Å²) in [7, 11) is 0. The third-order valence-corrected chi connectivity index (χ3v) is 5.81. The Morgan fingerprint density at radius 2 is 1.93 bits per heavy atom. The first-order valence-corrected chi connectivity index (χ1v) is 10.7. The van der Waals surface area contributed by atoms with Crippen LogP contribution >= 0.6 is 0 Å². The van der Waals surface area contributed by atoms with Gasteiger partial charge in [0.05, 0.1) is 25.3 Å². The van der Waals surface area contributed by atoms with Gasteiger partial charge in [0, 0.05) is 12.5 Å². The lowest BCUT2D eigenvalue weighted by Crippen LogP contribution is -2.52. The van der Waals surface area contributed by atoms with Gasteiger partial charge in [0.2, 0.25) is 5.91 Å². The van der Waals surface area contributed by atoms with Crippen LogP contribution in [0.4, 0.5) is 5.69 Å². The number of hydrogen-bond donors (Lipinski definition) is 1. The number of amides is 2. The smallest absolute Gasteiger partial charge is 0.263 e. The van der Waals surface area contributed by atoms with Gasteiger partial charge in [-0.3, -0.25) is 9.59 Å². The molecule has 2 aliphatic heterocycles. The molecule has 0 aromatic heterocycles. The highest BCUT2D eigenvalue weighted by molar-refractivity contribution is 5.98. The molecular weight excluding hydrogens is 380 g/mol. The van der Waals surface area contributed by atoms with Gasteiger partial charge in [-0.05, 0) is 42.2 Å². The molecule has 30 heavy (non-hydrogen) atoms. The van der Waals surface area contributed by atoms with E-state index in [1.165, 1.54) is 0 Å². The number of carbonyl (C=O) groups is 2. The maximum Gasteiger partial charge on any atom is 0.263 e. The van der Waals surface area contributed by atoms with E-state index < -0.39 is 6.10 Å². The third-order valence-electron chi connectivity index (χ3n) is 5.81. The van der Waals surface area contributed by atoms with E-state index in [-0.39, 0.29) is 30.8 Å². The number of anilines is 1. The van der Waals surface area contributed by atoms with Crippen LogP contribution < -0.4 is 19.7 Å². The van der Waals surface area contributed by atoms with Crippen molar-refractivity contribution in [2.75, 3.05) is 18.1 Å². The van der Waals surface area contributed by atoms with Crippen LogP contribution in [-0.2, 0) is 22.4 Å². The summed E-state index contributed by atoms with van der Waals surface area (Å²) in [6.45, 7) is 4.98. The predicted molar refractivity (Wildman–Crippen MR) is 115 cm³/mol. The van der Waals surface area contributed by atoms with Gasteiger partial charge in [0.1, 0.15) is 11.5 Å². The Morgan fingerprint density at radius 3 is 2.73 bits per heavy atom. The average molecular weight is 408 g/mol. The van der Waals surface area contributed by atoms with E-state index in [9.17, 15) is 9.59 Å². The zero-order chi connectivity index (χ0) is 21.1. The monoisotopic (exact) mass is 408 g/mol. The number of para-hydroxylation sites is 2. The topological polar surface area (TPSA) is 67.9 Å². The fourth-order valence-electron chi connectivity index (χ4n) is 4.01. The highest BCUT2D eigenvalue weighted by Crippen LogP contribution is 2.34. The van der Waals surface area contributed by atoms with Crippen molar-refractivity contribution in [3.05, 3.63) is 53.6 Å². The lowest BCUT2D eigenvalue weighted by molar-refractivity contribution is -0.129. The summed E-state index contributed by atoms with van der Waals surface area (Å²) in [5, 5.41) is 3.04. The van der Waals surface area contributed by atoms with Crippen molar-refractivity contribution in [3.8, 4) is 11.5 Å². The number of ether oxygens (including phenoxy) is 2. The standard InChI is InChI=1S/C24H28N2O4/c1-3-18(4-2)25-24(28)22-15-26(19-7-5-6-8-21(19)30-22)23(27)14-16-9-10-20-17(13-16)11-12-29-20/h5-10,13,18,22H,3-4,11-12,14-15H2,1-2H3,(H,25,28). The summed E-state index contributed by atoms with van der Waals surface area (Å²) < 4.78 is 11.5. The first-order chi connectivity index (χ1) is 14.6. The van der Waals surface area contributed by atoms with Gasteiger partial charge >= 0.3 is 0 Å². The molecule has 0 radical (unpaired) electrons. The van der Waals surface area contributed by atoms with Gasteiger partial charge in [-0.2, -0.15) is 0 Å². The van der Waals surface area contributed by atoms with E-state index in [1.54, 1.807) is 11.0 Å². The van der Waals surface area contributed by atoms with Crippen molar-refractivity contribution in [3.63, 3.8) is 0 Å². The summed E-state index contributed by atoms with van der Waals surface area (Å²) in [6.07, 6.45) is 2.13. The van der Waals surface area contributed by atoms with E-state index in [1.807, 2.05) is 50.2 Å². The second kappa shape index (κ2) is 8.78. The molecular formula is C24H28N2O4. The Kier molecular flexibility index (Phi) is 5.93. The number of benzene rings is 2. The highest BCUT2D eigenvalue weighted by atomic mass is 16.5. The fourth-order valence-corrected chi connectivity index (χ4v) is 4.01. The molecule has 0 fully saturated rings. The molecule has 6 heteroatoms. The molecule has 2 aliphatic rings. The molecule has 0 spiro atoms. The normalized spacial score (nSPS) is 17.0. The van der Waals surface area contributed by atoms with Crippen LogP contribution in [0.25, 0.3) is 0 Å². The van der Waals surface area contributed by atoms with E-state index in [0.717, 1.165) is 36.1 Å². The van der Waals surface area contributed by atoms with Crippen molar-refractivity contribution in [2.24, 2.45) is 0 Å². The molecule has 6 nitrogen and oxygen atoms in total. The van der Waals surface area contributed by atoms with Crippen molar-refractivity contribution < 1.29 is 19.1 Å². The Balaban J connectivity index is 1.53. The number of fused-ring (bicyclic) bond motifs is 2. The number of rotatable bonds is 6. The van der Waals surface area contributed by atoms with Gasteiger partial charge in [0.15, 0.2) is 6.10 Å².